The molecular weight excluding hydrogens is 364 g/mol. The second-order valence-electron chi connectivity index (χ2n) is 7.78. The summed E-state index contributed by atoms with van der Waals surface area (Å²) in [7, 11) is 0. The van der Waals surface area contributed by atoms with E-state index in [-0.39, 0.29) is 17.5 Å². The van der Waals surface area contributed by atoms with Crippen LogP contribution in [0.2, 0.25) is 0 Å². The molecule has 9 nitrogen and oxygen atoms in total. The average Bonchev–Trinajstić information content (AvgIpc) is 2.64. The Labute approximate surface area is 164 Å². The number of nitro groups is 1. The van der Waals surface area contributed by atoms with Gasteiger partial charge in [0, 0.05) is 44.0 Å². The van der Waals surface area contributed by atoms with E-state index in [0.29, 0.717) is 19.6 Å². The van der Waals surface area contributed by atoms with Gasteiger partial charge in [0.15, 0.2) is 0 Å². The molecule has 1 heterocycles. The molecule has 0 aliphatic carbocycles. The van der Waals surface area contributed by atoms with Crippen LogP contribution in [0, 0.1) is 16.0 Å². The van der Waals surface area contributed by atoms with E-state index in [1.807, 2.05) is 0 Å². The number of anilines is 1. The molecule has 1 aliphatic heterocycles. The van der Waals surface area contributed by atoms with Gasteiger partial charge in [-0.2, -0.15) is 0 Å². The summed E-state index contributed by atoms with van der Waals surface area (Å²) >= 11 is 0. The van der Waals surface area contributed by atoms with Gasteiger partial charge in [-0.1, -0.05) is 0 Å². The Bertz CT molecular complexity index is 699. The molecule has 2 rings (SSSR count). The number of nitro benzene ring substituents is 1. The lowest BCUT2D eigenvalue weighted by Crippen LogP contribution is -2.45. The van der Waals surface area contributed by atoms with Gasteiger partial charge in [-0.3, -0.25) is 14.9 Å². The Morgan fingerprint density at radius 1 is 1.21 bits per heavy atom. The number of carbonyl (C=O) groups is 2. The Morgan fingerprint density at radius 2 is 1.86 bits per heavy atom. The van der Waals surface area contributed by atoms with Crippen molar-refractivity contribution >= 4 is 23.4 Å². The standard InChI is InChI=1S/C19H28N4O5/c1-19(2,3)28-18(25)21-11-10-20-17(24)14-5-4-12-22(13-14)15-6-8-16(9-7-15)23(26)27/h6-9,14H,4-5,10-13H2,1-3H3,(H,20,24)(H,21,25). The van der Waals surface area contributed by atoms with E-state index >= 15 is 0 Å². The average molecular weight is 392 g/mol. The first-order valence-electron chi connectivity index (χ1n) is 9.39. The molecular formula is C19H28N4O5. The lowest BCUT2D eigenvalue weighted by atomic mass is 9.96. The fourth-order valence-corrected chi connectivity index (χ4v) is 3.02. The van der Waals surface area contributed by atoms with E-state index in [2.05, 4.69) is 15.5 Å². The fraction of sp³-hybridized carbons (Fsp3) is 0.579. The van der Waals surface area contributed by atoms with Crippen LogP contribution in [-0.2, 0) is 9.53 Å². The molecule has 1 aliphatic rings. The summed E-state index contributed by atoms with van der Waals surface area (Å²) < 4.78 is 5.14. The summed E-state index contributed by atoms with van der Waals surface area (Å²) in [6, 6.07) is 6.37. The van der Waals surface area contributed by atoms with Crippen LogP contribution in [0.4, 0.5) is 16.2 Å². The van der Waals surface area contributed by atoms with Crippen molar-refractivity contribution in [1.29, 1.82) is 0 Å². The quantitative estimate of drug-likeness (QED) is 0.437. The minimum Gasteiger partial charge on any atom is -0.444 e. The first-order valence-corrected chi connectivity index (χ1v) is 9.39. The molecule has 0 aromatic heterocycles. The van der Waals surface area contributed by atoms with Crippen LogP contribution in [0.25, 0.3) is 0 Å². The number of amides is 2. The zero-order valence-corrected chi connectivity index (χ0v) is 16.6. The minimum absolute atomic E-state index is 0.0486. The van der Waals surface area contributed by atoms with Gasteiger partial charge < -0.3 is 20.3 Å². The molecule has 0 radical (unpaired) electrons. The molecule has 2 N–H and O–H groups in total. The van der Waals surface area contributed by atoms with Gasteiger partial charge >= 0.3 is 6.09 Å². The van der Waals surface area contributed by atoms with Crippen molar-refractivity contribution in [3.63, 3.8) is 0 Å². The van der Waals surface area contributed by atoms with Crippen molar-refractivity contribution in [2.45, 2.75) is 39.2 Å². The van der Waals surface area contributed by atoms with Crippen molar-refractivity contribution < 1.29 is 19.2 Å². The predicted octanol–water partition coefficient (Wildman–Crippen LogP) is 2.45. The lowest BCUT2D eigenvalue weighted by Gasteiger charge is -2.33. The van der Waals surface area contributed by atoms with Gasteiger partial charge in [-0.05, 0) is 45.7 Å². The third-order valence-corrected chi connectivity index (χ3v) is 4.31. The van der Waals surface area contributed by atoms with Crippen molar-refractivity contribution in [2.75, 3.05) is 31.1 Å². The number of rotatable bonds is 6. The zero-order valence-electron chi connectivity index (χ0n) is 16.6. The number of hydrogen-bond acceptors (Lipinski definition) is 6. The van der Waals surface area contributed by atoms with Gasteiger partial charge in [-0.25, -0.2) is 4.79 Å². The van der Waals surface area contributed by atoms with E-state index in [0.717, 1.165) is 25.1 Å². The number of nitrogens with one attached hydrogen (secondary N) is 2. The molecule has 1 saturated heterocycles. The second-order valence-corrected chi connectivity index (χ2v) is 7.78. The number of carbonyl (C=O) groups excluding carboxylic acids is 2. The monoisotopic (exact) mass is 392 g/mol. The van der Waals surface area contributed by atoms with Crippen LogP contribution < -0.4 is 15.5 Å². The van der Waals surface area contributed by atoms with E-state index in [1.54, 1.807) is 32.9 Å². The predicted molar refractivity (Wildman–Crippen MR) is 105 cm³/mol. The van der Waals surface area contributed by atoms with Gasteiger partial charge in [0.25, 0.3) is 5.69 Å². The summed E-state index contributed by atoms with van der Waals surface area (Å²) in [5.41, 5.74) is 0.360. The van der Waals surface area contributed by atoms with Crippen LogP contribution >= 0.6 is 0 Å². The van der Waals surface area contributed by atoms with Gasteiger partial charge in [0.1, 0.15) is 5.60 Å². The van der Waals surface area contributed by atoms with Gasteiger partial charge in [0.05, 0.1) is 10.8 Å². The van der Waals surface area contributed by atoms with Crippen molar-refractivity contribution in [3.8, 4) is 0 Å². The highest BCUT2D eigenvalue weighted by Gasteiger charge is 2.26. The molecule has 154 valence electrons. The Kier molecular flexibility index (Phi) is 7.19. The van der Waals surface area contributed by atoms with Gasteiger partial charge in [0.2, 0.25) is 5.91 Å². The number of nitrogens with zero attached hydrogens (tertiary/aromatic N) is 2. The number of hydrogen-bond donors (Lipinski definition) is 2. The molecule has 1 unspecified atom stereocenters. The van der Waals surface area contributed by atoms with Crippen LogP contribution in [0.5, 0.6) is 0 Å². The summed E-state index contributed by atoms with van der Waals surface area (Å²) in [5, 5.41) is 16.2. The summed E-state index contributed by atoms with van der Waals surface area (Å²) in [6.45, 7) is 7.34. The van der Waals surface area contributed by atoms with E-state index in [9.17, 15) is 19.7 Å². The maximum atomic E-state index is 12.4. The van der Waals surface area contributed by atoms with Crippen LogP contribution in [0.3, 0.4) is 0 Å². The van der Waals surface area contributed by atoms with Crippen LogP contribution in [0.15, 0.2) is 24.3 Å². The SMILES string of the molecule is CC(C)(C)OC(=O)NCCNC(=O)C1CCCN(c2ccc([N+](=O)[O-])cc2)C1. The van der Waals surface area contributed by atoms with Crippen molar-refractivity contribution in [1.82, 2.24) is 10.6 Å². The largest absolute Gasteiger partial charge is 0.444 e. The van der Waals surface area contributed by atoms with Crippen molar-refractivity contribution in [2.24, 2.45) is 5.92 Å². The summed E-state index contributed by atoms with van der Waals surface area (Å²) in [6.07, 6.45) is 1.14. The lowest BCUT2D eigenvalue weighted by molar-refractivity contribution is -0.384. The molecule has 0 spiro atoms. The van der Waals surface area contributed by atoms with Crippen molar-refractivity contribution in [3.05, 3.63) is 34.4 Å². The maximum absolute atomic E-state index is 12.4. The normalized spacial score (nSPS) is 17.0. The highest BCUT2D eigenvalue weighted by atomic mass is 16.6. The molecule has 0 bridgehead atoms. The molecule has 2 amide bonds. The minimum atomic E-state index is -0.559. The van der Waals surface area contributed by atoms with Crippen LogP contribution in [0.1, 0.15) is 33.6 Å². The Morgan fingerprint density at radius 3 is 2.46 bits per heavy atom. The summed E-state index contributed by atoms with van der Waals surface area (Å²) in [5.74, 6) is -0.219. The zero-order chi connectivity index (χ0) is 20.7. The maximum Gasteiger partial charge on any atom is 0.407 e. The molecule has 1 aromatic rings. The fourth-order valence-electron chi connectivity index (χ4n) is 3.02. The second kappa shape index (κ2) is 9.38. The Hall–Kier alpha value is -2.84. The third kappa shape index (κ3) is 6.71. The Balaban J connectivity index is 1.77. The van der Waals surface area contributed by atoms with Crippen LogP contribution in [-0.4, -0.2) is 48.7 Å². The highest BCUT2D eigenvalue weighted by molar-refractivity contribution is 5.79. The molecule has 1 aromatic carbocycles. The number of benzene rings is 1. The number of ether oxygens (including phenoxy) is 1. The molecule has 1 atom stereocenters. The van der Waals surface area contributed by atoms with E-state index in [4.69, 9.17) is 4.74 Å². The molecule has 1 fully saturated rings. The number of alkyl carbamates (subject to hydrolysis) is 1. The van der Waals surface area contributed by atoms with Gasteiger partial charge in [-0.15, -0.1) is 0 Å². The topological polar surface area (TPSA) is 114 Å². The first-order chi connectivity index (χ1) is 13.2. The smallest absolute Gasteiger partial charge is 0.407 e. The van der Waals surface area contributed by atoms with E-state index < -0.39 is 16.6 Å². The number of piperidine rings is 1. The molecule has 28 heavy (non-hydrogen) atoms. The first kappa shape index (κ1) is 21.5. The number of non-ortho nitro benzene ring substituents is 1. The molecule has 9 heteroatoms. The third-order valence-electron chi connectivity index (χ3n) is 4.31. The summed E-state index contributed by atoms with van der Waals surface area (Å²) in [4.78, 5) is 36.4. The highest BCUT2D eigenvalue weighted by Crippen LogP contribution is 2.25. The van der Waals surface area contributed by atoms with E-state index in [1.165, 1.54) is 12.1 Å². The molecule has 0 saturated carbocycles.